The van der Waals surface area contributed by atoms with Crippen LogP contribution in [0.5, 0.6) is 5.75 Å². The van der Waals surface area contributed by atoms with Gasteiger partial charge in [0.2, 0.25) is 5.91 Å². The minimum Gasteiger partial charge on any atom is -0.497 e. The Kier molecular flexibility index (Phi) is 9.20. The summed E-state index contributed by atoms with van der Waals surface area (Å²) in [6, 6.07) is 18.9. The first-order chi connectivity index (χ1) is 18.2. The molecular formula is C33H49N2O3+. The van der Waals surface area contributed by atoms with Crippen LogP contribution in [0.25, 0.3) is 0 Å². The van der Waals surface area contributed by atoms with Gasteiger partial charge in [-0.05, 0) is 61.8 Å². The third-order valence-corrected chi connectivity index (χ3v) is 9.12. The second kappa shape index (κ2) is 12.2. The van der Waals surface area contributed by atoms with Crippen LogP contribution in [0.15, 0.2) is 54.6 Å². The summed E-state index contributed by atoms with van der Waals surface area (Å²) < 4.78 is 6.48. The van der Waals surface area contributed by atoms with Gasteiger partial charge in [0.15, 0.2) is 0 Å². The van der Waals surface area contributed by atoms with Crippen molar-refractivity contribution in [3.8, 4) is 5.75 Å². The molecule has 5 nitrogen and oxygen atoms in total. The van der Waals surface area contributed by atoms with Gasteiger partial charge in [0.1, 0.15) is 17.9 Å². The second-order valence-corrected chi connectivity index (χ2v) is 12.7. The Morgan fingerprint density at radius 1 is 1.11 bits per heavy atom. The Morgan fingerprint density at radius 2 is 1.89 bits per heavy atom. The van der Waals surface area contributed by atoms with E-state index < -0.39 is 5.60 Å². The summed E-state index contributed by atoms with van der Waals surface area (Å²) >= 11 is 0. The number of nitrogens with one attached hydrogen (secondary N) is 1. The summed E-state index contributed by atoms with van der Waals surface area (Å²) in [6.07, 6.45) is 7.95. The third kappa shape index (κ3) is 6.60. The van der Waals surface area contributed by atoms with Crippen molar-refractivity contribution in [2.24, 2.45) is 5.92 Å². The molecule has 5 heteroatoms. The predicted octanol–water partition coefficient (Wildman–Crippen LogP) is 5.64. The maximum absolute atomic E-state index is 13.0. The summed E-state index contributed by atoms with van der Waals surface area (Å²) in [7, 11) is 4.00. The molecule has 0 spiro atoms. The minimum atomic E-state index is -0.806. The molecule has 38 heavy (non-hydrogen) atoms. The predicted molar refractivity (Wildman–Crippen MR) is 154 cm³/mol. The fraction of sp³-hybridized carbons (Fsp3) is 0.606. The van der Waals surface area contributed by atoms with Crippen LogP contribution in [0.2, 0.25) is 0 Å². The van der Waals surface area contributed by atoms with Crippen molar-refractivity contribution in [3.63, 3.8) is 0 Å². The molecule has 1 saturated heterocycles. The fourth-order valence-electron chi connectivity index (χ4n) is 7.45. The van der Waals surface area contributed by atoms with E-state index >= 15 is 0 Å². The first-order valence-corrected chi connectivity index (χ1v) is 14.7. The van der Waals surface area contributed by atoms with Gasteiger partial charge in [-0.15, -0.1) is 0 Å². The molecule has 0 radical (unpaired) electrons. The van der Waals surface area contributed by atoms with Crippen molar-refractivity contribution >= 4 is 5.91 Å². The highest BCUT2D eigenvalue weighted by Crippen LogP contribution is 2.53. The van der Waals surface area contributed by atoms with Gasteiger partial charge in [-0.25, -0.2) is 0 Å². The van der Waals surface area contributed by atoms with E-state index in [1.54, 1.807) is 7.11 Å². The molecule has 1 heterocycles. The van der Waals surface area contributed by atoms with Crippen LogP contribution in [-0.2, 0) is 16.6 Å². The van der Waals surface area contributed by atoms with Crippen LogP contribution in [0.3, 0.4) is 0 Å². The van der Waals surface area contributed by atoms with E-state index in [9.17, 15) is 9.90 Å². The topological polar surface area (TPSA) is 58.6 Å². The monoisotopic (exact) mass is 521 g/mol. The lowest BCUT2D eigenvalue weighted by Crippen LogP contribution is -2.71. The van der Waals surface area contributed by atoms with Crippen LogP contribution in [0.1, 0.15) is 76.3 Å². The van der Waals surface area contributed by atoms with E-state index in [-0.39, 0.29) is 17.4 Å². The maximum Gasteiger partial charge on any atom is 0.220 e. The van der Waals surface area contributed by atoms with E-state index in [1.807, 2.05) is 12.1 Å². The number of carbonyl (C=O) groups is 1. The Bertz CT molecular complexity index is 1060. The van der Waals surface area contributed by atoms with Crippen molar-refractivity contribution in [1.29, 1.82) is 0 Å². The van der Waals surface area contributed by atoms with E-state index in [4.69, 9.17) is 4.74 Å². The summed E-state index contributed by atoms with van der Waals surface area (Å²) in [4.78, 5) is 13.0. The standard InChI is InChI=1S/C33H48N2O3/c1-26(2)24-35(3)21-20-32(28-15-11-16-30(22-28)38-4)23-29(18-19-33(32,37)25-35)34-31(36)17-10-6-9-14-27-12-7-5-8-13-27/h5,7-8,11-13,15-16,22,26,29,37H,6,9-10,14,17-21,23-25H2,1-4H3/p+1/t29-,32+,33?,35-/m0/s1. The van der Waals surface area contributed by atoms with E-state index in [1.165, 1.54) is 5.56 Å². The minimum absolute atomic E-state index is 0.0836. The Morgan fingerprint density at radius 3 is 2.63 bits per heavy atom. The molecule has 4 atom stereocenters. The molecule has 2 N–H and O–H groups in total. The second-order valence-electron chi connectivity index (χ2n) is 12.7. The summed E-state index contributed by atoms with van der Waals surface area (Å²) in [5.74, 6) is 1.55. The number of piperidine rings is 1. The third-order valence-electron chi connectivity index (χ3n) is 9.12. The number of quaternary nitrogens is 1. The fourth-order valence-corrected chi connectivity index (χ4v) is 7.45. The van der Waals surface area contributed by atoms with Crippen molar-refractivity contribution in [2.75, 3.05) is 33.8 Å². The quantitative estimate of drug-likeness (QED) is 0.297. The Labute approximate surface area is 230 Å². The van der Waals surface area contributed by atoms with Crippen molar-refractivity contribution in [1.82, 2.24) is 5.32 Å². The number of likely N-dealkylation sites (N-methyl/N-ethyl adjacent to an activating group) is 1. The van der Waals surface area contributed by atoms with E-state index in [0.717, 1.165) is 80.4 Å². The molecule has 1 saturated carbocycles. The molecule has 1 aliphatic carbocycles. The zero-order chi connectivity index (χ0) is 27.2. The van der Waals surface area contributed by atoms with Gasteiger partial charge in [-0.3, -0.25) is 4.79 Å². The van der Waals surface area contributed by atoms with E-state index in [0.29, 0.717) is 18.8 Å². The van der Waals surface area contributed by atoms with Gasteiger partial charge >= 0.3 is 0 Å². The number of carbonyl (C=O) groups excluding carboxylic acids is 1. The number of fused-ring (bicyclic) bond motifs is 1. The molecule has 1 aliphatic heterocycles. The zero-order valence-corrected chi connectivity index (χ0v) is 24.0. The molecule has 0 bridgehead atoms. The van der Waals surface area contributed by atoms with E-state index in [2.05, 4.69) is 68.7 Å². The van der Waals surface area contributed by atoms with Crippen LogP contribution < -0.4 is 10.1 Å². The Balaban J connectivity index is 1.41. The molecule has 2 aromatic carbocycles. The molecule has 2 aromatic rings. The molecule has 2 fully saturated rings. The largest absolute Gasteiger partial charge is 0.497 e. The normalized spacial score (nSPS) is 29.1. The summed E-state index contributed by atoms with van der Waals surface area (Å²) in [5.41, 5.74) is 1.32. The van der Waals surface area contributed by atoms with Crippen molar-refractivity contribution in [3.05, 3.63) is 65.7 Å². The average molecular weight is 522 g/mol. The number of amides is 1. The maximum atomic E-state index is 13.0. The number of aliphatic hydroxyl groups is 1. The number of hydrogen-bond donors (Lipinski definition) is 2. The number of methoxy groups -OCH3 is 1. The molecule has 4 rings (SSSR count). The van der Waals surface area contributed by atoms with Gasteiger partial charge in [-0.2, -0.15) is 0 Å². The number of hydrogen-bond acceptors (Lipinski definition) is 3. The molecular weight excluding hydrogens is 472 g/mol. The molecule has 1 unspecified atom stereocenters. The zero-order valence-electron chi connectivity index (χ0n) is 24.0. The number of rotatable bonds is 11. The lowest BCUT2D eigenvalue weighted by molar-refractivity contribution is -0.926. The van der Waals surface area contributed by atoms with Gasteiger partial charge < -0.3 is 19.6 Å². The molecule has 208 valence electrons. The number of likely N-dealkylation sites (tertiary alicyclic amines) is 1. The van der Waals surface area contributed by atoms with Crippen molar-refractivity contribution in [2.45, 2.75) is 88.7 Å². The van der Waals surface area contributed by atoms with Crippen LogP contribution in [-0.4, -0.2) is 60.9 Å². The lowest BCUT2D eigenvalue weighted by Gasteiger charge is -2.60. The SMILES string of the molecule is COc1cccc([C@]23CC[N@@+](C)(CC(C)C)CC2(O)CC[C@H](NC(=O)CCCCCc2ccccc2)C3)c1. The first-order valence-electron chi connectivity index (χ1n) is 14.7. The highest BCUT2D eigenvalue weighted by molar-refractivity contribution is 5.76. The average Bonchev–Trinajstić information content (AvgIpc) is 2.88. The number of ether oxygens (including phenoxy) is 1. The van der Waals surface area contributed by atoms with Crippen molar-refractivity contribution < 1.29 is 19.1 Å². The molecule has 0 aromatic heterocycles. The van der Waals surface area contributed by atoms with Gasteiger partial charge in [0.25, 0.3) is 0 Å². The number of aryl methyl sites for hydroxylation is 1. The summed E-state index contributed by atoms with van der Waals surface area (Å²) in [5, 5.41) is 15.8. The van der Waals surface area contributed by atoms with Gasteiger partial charge in [0.05, 0.1) is 27.2 Å². The van der Waals surface area contributed by atoms with Crippen LogP contribution >= 0.6 is 0 Å². The smallest absolute Gasteiger partial charge is 0.220 e. The first kappa shape index (κ1) is 28.6. The number of nitrogens with zero attached hydrogens (tertiary/aromatic N) is 1. The molecule has 2 aliphatic rings. The van der Waals surface area contributed by atoms with Gasteiger partial charge in [-0.1, -0.05) is 62.7 Å². The van der Waals surface area contributed by atoms with Crippen LogP contribution in [0, 0.1) is 5.92 Å². The number of unbranched alkanes of at least 4 members (excludes halogenated alkanes) is 2. The Hall–Kier alpha value is -2.37. The highest BCUT2D eigenvalue weighted by atomic mass is 16.5. The van der Waals surface area contributed by atoms with Crippen LogP contribution in [0.4, 0.5) is 0 Å². The summed E-state index contributed by atoms with van der Waals surface area (Å²) in [6.45, 7) is 7.39. The highest BCUT2D eigenvalue weighted by Gasteiger charge is 2.61. The van der Waals surface area contributed by atoms with Gasteiger partial charge in [0, 0.05) is 30.2 Å². The number of benzene rings is 2. The molecule has 1 amide bonds. The lowest BCUT2D eigenvalue weighted by atomic mass is 9.54.